The Bertz CT molecular complexity index is 566. The zero-order chi connectivity index (χ0) is 15.3. The van der Waals surface area contributed by atoms with Gasteiger partial charge >= 0.3 is 12.0 Å². The van der Waals surface area contributed by atoms with E-state index in [0.717, 1.165) is 0 Å². The maximum Gasteiger partial charge on any atom is 0.326 e. The first-order valence-corrected chi connectivity index (χ1v) is 6.23. The Kier molecular flexibility index (Phi) is 5.35. The average Bonchev–Trinajstić information content (AvgIpc) is 2.37. The Balaban J connectivity index is 2.76. The Morgan fingerprint density at radius 3 is 2.50 bits per heavy atom. The van der Waals surface area contributed by atoms with Crippen LogP contribution in [0.15, 0.2) is 18.2 Å². The number of urea groups is 1. The maximum atomic E-state index is 11.7. The summed E-state index contributed by atoms with van der Waals surface area (Å²) in [6.07, 6.45) is 0. The van der Waals surface area contributed by atoms with Gasteiger partial charge in [-0.3, -0.25) is 0 Å². The second-order valence-corrected chi connectivity index (χ2v) is 4.87. The van der Waals surface area contributed by atoms with Crippen molar-refractivity contribution >= 4 is 29.3 Å². The first-order valence-electron chi connectivity index (χ1n) is 5.85. The van der Waals surface area contributed by atoms with Crippen molar-refractivity contribution in [3.05, 3.63) is 28.8 Å². The number of hydrogen-bond donors (Lipinski definition) is 3. The molecular formula is C13H14ClN3O3. The van der Waals surface area contributed by atoms with Crippen molar-refractivity contribution in [2.45, 2.75) is 19.9 Å². The minimum atomic E-state index is -1.11. The van der Waals surface area contributed by atoms with Gasteiger partial charge in [-0.05, 0) is 24.1 Å². The molecule has 106 valence electrons. The molecule has 0 saturated carbocycles. The van der Waals surface area contributed by atoms with E-state index in [1.54, 1.807) is 13.8 Å². The Morgan fingerprint density at radius 1 is 1.40 bits per heavy atom. The Morgan fingerprint density at radius 2 is 2.05 bits per heavy atom. The highest BCUT2D eigenvalue weighted by atomic mass is 35.5. The summed E-state index contributed by atoms with van der Waals surface area (Å²) in [5.41, 5.74) is 0.669. The van der Waals surface area contributed by atoms with Crippen LogP contribution in [0.5, 0.6) is 0 Å². The fourth-order valence-electron chi connectivity index (χ4n) is 1.50. The predicted molar refractivity (Wildman–Crippen MR) is 74.6 cm³/mol. The van der Waals surface area contributed by atoms with Crippen LogP contribution in [0.2, 0.25) is 5.02 Å². The first-order chi connectivity index (χ1) is 9.35. The third-order valence-corrected chi connectivity index (χ3v) is 2.88. The van der Waals surface area contributed by atoms with Crippen LogP contribution in [-0.2, 0) is 4.79 Å². The number of benzene rings is 1. The number of anilines is 1. The molecule has 1 atom stereocenters. The van der Waals surface area contributed by atoms with Crippen molar-refractivity contribution in [1.29, 1.82) is 5.26 Å². The van der Waals surface area contributed by atoms with Gasteiger partial charge < -0.3 is 15.7 Å². The van der Waals surface area contributed by atoms with E-state index in [-0.39, 0.29) is 10.9 Å². The second kappa shape index (κ2) is 6.78. The molecule has 0 bridgehead atoms. The Hall–Kier alpha value is -2.26. The summed E-state index contributed by atoms with van der Waals surface area (Å²) in [5.74, 6) is -1.37. The van der Waals surface area contributed by atoms with Crippen molar-refractivity contribution in [2.75, 3.05) is 5.32 Å². The molecule has 0 aliphatic carbocycles. The van der Waals surface area contributed by atoms with Crippen molar-refractivity contribution in [3.63, 3.8) is 0 Å². The molecular weight excluding hydrogens is 282 g/mol. The fourth-order valence-corrected chi connectivity index (χ4v) is 1.73. The van der Waals surface area contributed by atoms with Crippen LogP contribution in [-0.4, -0.2) is 23.1 Å². The lowest BCUT2D eigenvalue weighted by atomic mass is 10.1. The quantitative estimate of drug-likeness (QED) is 0.794. The summed E-state index contributed by atoms with van der Waals surface area (Å²) < 4.78 is 0. The van der Waals surface area contributed by atoms with Crippen molar-refractivity contribution in [2.24, 2.45) is 5.92 Å². The fraction of sp³-hybridized carbons (Fsp3) is 0.308. The zero-order valence-corrected chi connectivity index (χ0v) is 11.7. The molecule has 0 heterocycles. The SMILES string of the molecule is CC(C)[C@@H](NC(=O)Nc1ccc(C#N)cc1Cl)C(=O)O. The van der Waals surface area contributed by atoms with E-state index >= 15 is 0 Å². The van der Waals surface area contributed by atoms with Gasteiger partial charge in [0.05, 0.1) is 22.3 Å². The molecule has 1 aromatic rings. The number of nitrogens with zero attached hydrogens (tertiary/aromatic N) is 1. The number of halogens is 1. The van der Waals surface area contributed by atoms with Gasteiger partial charge in [-0.25, -0.2) is 9.59 Å². The molecule has 20 heavy (non-hydrogen) atoms. The molecule has 0 aliphatic heterocycles. The van der Waals surface area contributed by atoms with Gasteiger partial charge in [0.1, 0.15) is 6.04 Å². The van der Waals surface area contributed by atoms with Crippen LogP contribution in [0.1, 0.15) is 19.4 Å². The standard InChI is InChI=1S/C13H14ClN3O3/c1-7(2)11(12(18)19)17-13(20)16-10-4-3-8(6-15)5-9(10)14/h3-5,7,11H,1-2H3,(H,18,19)(H2,16,17,20)/t11-/m1/s1. The first kappa shape index (κ1) is 15.8. The lowest BCUT2D eigenvalue weighted by Crippen LogP contribution is -2.46. The second-order valence-electron chi connectivity index (χ2n) is 4.46. The molecule has 7 heteroatoms. The molecule has 1 aromatic carbocycles. The van der Waals surface area contributed by atoms with E-state index in [0.29, 0.717) is 11.3 Å². The number of aliphatic carboxylic acids is 1. The summed E-state index contributed by atoms with van der Waals surface area (Å²) >= 11 is 5.90. The van der Waals surface area contributed by atoms with E-state index in [1.807, 2.05) is 6.07 Å². The lowest BCUT2D eigenvalue weighted by molar-refractivity contribution is -0.140. The van der Waals surface area contributed by atoms with Crippen molar-refractivity contribution in [3.8, 4) is 6.07 Å². The van der Waals surface area contributed by atoms with Crippen LogP contribution < -0.4 is 10.6 Å². The number of hydrogen-bond acceptors (Lipinski definition) is 3. The summed E-state index contributed by atoms with van der Waals surface area (Å²) in [7, 11) is 0. The number of carbonyl (C=O) groups is 2. The zero-order valence-electron chi connectivity index (χ0n) is 11.0. The average molecular weight is 296 g/mol. The van der Waals surface area contributed by atoms with Crippen LogP contribution >= 0.6 is 11.6 Å². The van der Waals surface area contributed by atoms with Crippen LogP contribution in [0, 0.1) is 17.2 Å². The van der Waals surface area contributed by atoms with Gasteiger partial charge in [-0.15, -0.1) is 0 Å². The summed E-state index contributed by atoms with van der Waals surface area (Å²) in [6, 6.07) is 4.65. The van der Waals surface area contributed by atoms with Crippen molar-refractivity contribution < 1.29 is 14.7 Å². The number of carboxylic acids is 1. The molecule has 2 amide bonds. The molecule has 0 fully saturated rings. The van der Waals surface area contributed by atoms with Crippen molar-refractivity contribution in [1.82, 2.24) is 5.32 Å². The highest BCUT2D eigenvalue weighted by Crippen LogP contribution is 2.22. The minimum Gasteiger partial charge on any atom is -0.480 e. The minimum absolute atomic E-state index is 0.204. The lowest BCUT2D eigenvalue weighted by Gasteiger charge is -2.18. The molecule has 0 saturated heterocycles. The number of nitrogens with one attached hydrogen (secondary N) is 2. The monoisotopic (exact) mass is 295 g/mol. The van der Waals surface area contributed by atoms with Crippen LogP contribution in [0.3, 0.4) is 0 Å². The van der Waals surface area contributed by atoms with Gasteiger partial charge in [0.25, 0.3) is 0 Å². The molecule has 3 N–H and O–H groups in total. The molecule has 0 aromatic heterocycles. The molecule has 1 rings (SSSR count). The summed E-state index contributed by atoms with van der Waals surface area (Å²) in [4.78, 5) is 22.7. The summed E-state index contributed by atoms with van der Waals surface area (Å²) in [6.45, 7) is 3.38. The molecule has 0 radical (unpaired) electrons. The van der Waals surface area contributed by atoms with Gasteiger partial charge in [-0.1, -0.05) is 25.4 Å². The smallest absolute Gasteiger partial charge is 0.326 e. The molecule has 6 nitrogen and oxygen atoms in total. The van der Waals surface area contributed by atoms with Gasteiger partial charge in [0, 0.05) is 0 Å². The number of nitriles is 1. The van der Waals surface area contributed by atoms with Gasteiger partial charge in [0.2, 0.25) is 0 Å². The number of amides is 2. The van der Waals surface area contributed by atoms with E-state index in [4.69, 9.17) is 22.0 Å². The molecule has 0 spiro atoms. The van der Waals surface area contributed by atoms with Gasteiger partial charge in [0.15, 0.2) is 0 Å². The topological polar surface area (TPSA) is 102 Å². The maximum absolute atomic E-state index is 11.7. The van der Waals surface area contributed by atoms with Crippen LogP contribution in [0.25, 0.3) is 0 Å². The van der Waals surface area contributed by atoms with E-state index < -0.39 is 18.0 Å². The van der Waals surface area contributed by atoms with E-state index in [1.165, 1.54) is 18.2 Å². The number of carboxylic acid groups (broad SMARTS) is 1. The van der Waals surface area contributed by atoms with Crippen LogP contribution in [0.4, 0.5) is 10.5 Å². The van der Waals surface area contributed by atoms with Gasteiger partial charge in [-0.2, -0.15) is 5.26 Å². The highest BCUT2D eigenvalue weighted by molar-refractivity contribution is 6.33. The highest BCUT2D eigenvalue weighted by Gasteiger charge is 2.23. The molecule has 0 unspecified atom stereocenters. The summed E-state index contributed by atoms with van der Waals surface area (Å²) in [5, 5.41) is 22.7. The predicted octanol–water partition coefficient (Wildman–Crippen LogP) is 2.44. The van der Waals surface area contributed by atoms with E-state index in [9.17, 15) is 9.59 Å². The van der Waals surface area contributed by atoms with E-state index in [2.05, 4.69) is 10.6 Å². The molecule has 0 aliphatic rings. The largest absolute Gasteiger partial charge is 0.480 e. The number of rotatable bonds is 4. The number of carbonyl (C=O) groups excluding carboxylic acids is 1. The third-order valence-electron chi connectivity index (χ3n) is 2.57. The third kappa shape index (κ3) is 4.14. The Labute approximate surface area is 121 Å². The normalized spacial score (nSPS) is 11.6.